The van der Waals surface area contributed by atoms with E-state index in [1.54, 1.807) is 4.52 Å². The largest absolute Gasteiger partial charge is 0.346 e. The van der Waals surface area contributed by atoms with Gasteiger partial charge in [0.05, 0.1) is 16.9 Å². The maximum atomic E-state index is 14.2. The molecule has 34 heavy (non-hydrogen) atoms. The van der Waals surface area contributed by atoms with E-state index in [1.165, 1.54) is 6.20 Å². The highest BCUT2D eigenvalue weighted by Gasteiger charge is 2.53. The van der Waals surface area contributed by atoms with Gasteiger partial charge in [-0.2, -0.15) is 5.10 Å². The van der Waals surface area contributed by atoms with Crippen molar-refractivity contribution in [3.63, 3.8) is 0 Å². The summed E-state index contributed by atoms with van der Waals surface area (Å²) in [6.45, 7) is 3.78. The van der Waals surface area contributed by atoms with Crippen LogP contribution in [0.5, 0.6) is 0 Å². The third-order valence-electron chi connectivity index (χ3n) is 7.37. The highest BCUT2D eigenvalue weighted by Crippen LogP contribution is 2.53. The van der Waals surface area contributed by atoms with Crippen LogP contribution in [-0.2, 0) is 4.79 Å². The first-order valence-corrected chi connectivity index (χ1v) is 11.6. The third kappa shape index (κ3) is 3.72. The molecule has 0 aliphatic heterocycles. The summed E-state index contributed by atoms with van der Waals surface area (Å²) in [4.78, 5) is 30.8. The van der Waals surface area contributed by atoms with Gasteiger partial charge in [0.2, 0.25) is 5.91 Å². The number of rotatable bonds is 4. The highest BCUT2D eigenvalue weighted by molar-refractivity contribution is 6.33. The summed E-state index contributed by atoms with van der Waals surface area (Å²) in [6.07, 6.45) is 5.04. The van der Waals surface area contributed by atoms with Crippen molar-refractivity contribution in [2.24, 2.45) is 5.41 Å². The number of fused-ring (bicyclic) bond motifs is 4. The Bertz CT molecular complexity index is 1290. The predicted octanol–water partition coefficient (Wildman–Crippen LogP) is 4.74. The van der Waals surface area contributed by atoms with Gasteiger partial charge in [-0.25, -0.2) is 18.3 Å². The predicted molar refractivity (Wildman–Crippen MR) is 123 cm³/mol. The molecule has 1 aromatic carbocycles. The molecule has 0 saturated heterocycles. The molecule has 10 heteroatoms. The van der Waals surface area contributed by atoms with Crippen molar-refractivity contribution in [1.82, 2.24) is 19.9 Å². The van der Waals surface area contributed by atoms with Crippen LogP contribution in [0.1, 0.15) is 60.3 Å². The van der Waals surface area contributed by atoms with Crippen molar-refractivity contribution < 1.29 is 18.4 Å². The minimum atomic E-state index is -0.907. The van der Waals surface area contributed by atoms with E-state index in [0.717, 1.165) is 17.5 Å². The van der Waals surface area contributed by atoms with Crippen molar-refractivity contribution in [2.45, 2.75) is 57.9 Å². The van der Waals surface area contributed by atoms with Gasteiger partial charge >= 0.3 is 0 Å². The topological polar surface area (TPSA) is 88.4 Å². The first-order chi connectivity index (χ1) is 16.1. The van der Waals surface area contributed by atoms with Gasteiger partial charge in [-0.05, 0) is 64.5 Å². The van der Waals surface area contributed by atoms with Gasteiger partial charge in [-0.15, -0.1) is 0 Å². The summed E-state index contributed by atoms with van der Waals surface area (Å²) >= 11 is 5.95. The van der Waals surface area contributed by atoms with Gasteiger partial charge in [-0.1, -0.05) is 11.6 Å². The van der Waals surface area contributed by atoms with Crippen molar-refractivity contribution >= 4 is 34.7 Å². The maximum Gasteiger partial charge on any atom is 0.257 e. The Labute approximate surface area is 199 Å². The molecule has 2 heterocycles. The van der Waals surface area contributed by atoms with Crippen LogP contribution in [0.2, 0.25) is 5.02 Å². The zero-order chi connectivity index (χ0) is 24.3. The number of benzene rings is 1. The van der Waals surface area contributed by atoms with E-state index in [2.05, 4.69) is 20.7 Å². The quantitative estimate of drug-likeness (QED) is 0.556. The number of nitrogens with one attached hydrogen (secondary N) is 2. The minimum absolute atomic E-state index is 0.178. The highest BCUT2D eigenvalue weighted by atomic mass is 35.5. The summed E-state index contributed by atoms with van der Waals surface area (Å²) in [7, 11) is 0. The summed E-state index contributed by atoms with van der Waals surface area (Å²) in [5, 5.41) is 9.90. The number of hydrogen-bond donors (Lipinski definition) is 2. The van der Waals surface area contributed by atoms with E-state index in [-0.39, 0.29) is 22.5 Å². The molecule has 3 aromatic rings. The number of hydrogen-bond acceptors (Lipinski definition) is 4. The van der Waals surface area contributed by atoms with Crippen molar-refractivity contribution in [3.8, 4) is 0 Å². The second-order valence-corrected chi connectivity index (χ2v) is 9.95. The second-order valence-electron chi connectivity index (χ2n) is 9.55. The van der Waals surface area contributed by atoms with E-state index < -0.39 is 22.6 Å². The Kier molecular flexibility index (Phi) is 5.35. The summed E-state index contributed by atoms with van der Waals surface area (Å²) in [6, 6.07) is 3.57. The van der Waals surface area contributed by atoms with Crippen LogP contribution in [0.4, 0.5) is 14.5 Å². The third-order valence-corrected chi connectivity index (χ3v) is 7.67. The zero-order valence-corrected chi connectivity index (χ0v) is 19.6. The van der Waals surface area contributed by atoms with E-state index in [0.29, 0.717) is 55.8 Å². The fourth-order valence-corrected chi connectivity index (χ4v) is 5.60. The SMILES string of the molecule is Cc1cc(C)n2ncc(C(=O)NC34CCC(C(=O)Nc5c(F)cc(F)cc5Cl)(CC3)CC4)c2n1. The molecule has 3 fully saturated rings. The number of nitrogens with zero attached hydrogens (tertiary/aromatic N) is 3. The maximum absolute atomic E-state index is 14.2. The van der Waals surface area contributed by atoms with E-state index >= 15 is 0 Å². The molecular weight excluding hydrogens is 464 g/mol. The lowest BCUT2D eigenvalue weighted by Gasteiger charge is -2.52. The number of aryl methyl sites for hydroxylation is 2. The Morgan fingerprint density at radius 3 is 2.38 bits per heavy atom. The van der Waals surface area contributed by atoms with Crippen LogP contribution in [-0.4, -0.2) is 32.0 Å². The van der Waals surface area contributed by atoms with Crippen LogP contribution in [0.15, 0.2) is 24.4 Å². The van der Waals surface area contributed by atoms with Gasteiger partial charge in [0.15, 0.2) is 11.5 Å². The average molecular weight is 488 g/mol. The lowest BCUT2D eigenvalue weighted by Crippen LogP contribution is -2.59. The Hall–Kier alpha value is -3.07. The monoisotopic (exact) mass is 487 g/mol. The fraction of sp³-hybridized carbons (Fsp3) is 0.417. The van der Waals surface area contributed by atoms with Crippen LogP contribution >= 0.6 is 11.6 Å². The molecule has 2 N–H and O–H groups in total. The molecular formula is C24H24ClF2N5O2. The Morgan fingerprint density at radius 1 is 1.06 bits per heavy atom. The number of carbonyl (C=O) groups excluding carboxylic acids is 2. The fourth-order valence-electron chi connectivity index (χ4n) is 5.36. The van der Waals surface area contributed by atoms with Crippen LogP contribution in [0.25, 0.3) is 5.65 Å². The summed E-state index contributed by atoms with van der Waals surface area (Å²) < 4.78 is 29.2. The van der Waals surface area contributed by atoms with E-state index in [9.17, 15) is 18.4 Å². The van der Waals surface area contributed by atoms with E-state index in [4.69, 9.17) is 11.6 Å². The first-order valence-electron chi connectivity index (χ1n) is 11.2. The van der Waals surface area contributed by atoms with Crippen molar-refractivity contribution in [2.75, 3.05) is 5.32 Å². The molecule has 178 valence electrons. The molecule has 0 atom stereocenters. The molecule has 3 saturated carbocycles. The van der Waals surface area contributed by atoms with Crippen molar-refractivity contribution in [1.29, 1.82) is 0 Å². The molecule has 2 bridgehead atoms. The van der Waals surface area contributed by atoms with Crippen LogP contribution < -0.4 is 10.6 Å². The number of halogens is 3. The van der Waals surface area contributed by atoms with Gasteiger partial charge in [0.1, 0.15) is 11.4 Å². The van der Waals surface area contributed by atoms with Gasteiger partial charge < -0.3 is 10.6 Å². The Balaban J connectivity index is 1.30. The number of aromatic nitrogens is 3. The zero-order valence-electron chi connectivity index (χ0n) is 18.8. The molecule has 2 amide bonds. The number of amides is 2. The van der Waals surface area contributed by atoms with Gasteiger partial charge in [0.25, 0.3) is 5.91 Å². The lowest BCUT2D eigenvalue weighted by atomic mass is 9.57. The van der Waals surface area contributed by atoms with Gasteiger partial charge in [0, 0.05) is 28.4 Å². The molecule has 2 aromatic heterocycles. The van der Waals surface area contributed by atoms with Gasteiger partial charge in [-0.3, -0.25) is 9.59 Å². The molecule has 6 rings (SSSR count). The van der Waals surface area contributed by atoms with Crippen LogP contribution in [0.3, 0.4) is 0 Å². The molecule has 0 radical (unpaired) electrons. The average Bonchev–Trinajstić information content (AvgIpc) is 3.21. The lowest BCUT2D eigenvalue weighted by molar-refractivity contribution is -0.132. The number of carbonyl (C=O) groups is 2. The molecule has 0 spiro atoms. The van der Waals surface area contributed by atoms with Crippen LogP contribution in [0, 0.1) is 30.9 Å². The molecule has 3 aliphatic rings. The Morgan fingerprint density at radius 2 is 1.74 bits per heavy atom. The molecule has 3 aliphatic carbocycles. The second kappa shape index (κ2) is 8.01. The van der Waals surface area contributed by atoms with E-state index in [1.807, 2.05) is 19.9 Å². The summed E-state index contributed by atoms with van der Waals surface area (Å²) in [5.74, 6) is -2.26. The normalized spacial score (nSPS) is 23.8. The number of anilines is 1. The minimum Gasteiger partial charge on any atom is -0.346 e. The molecule has 7 nitrogen and oxygen atoms in total. The summed E-state index contributed by atoms with van der Waals surface area (Å²) in [5.41, 5.74) is 1.35. The van der Waals surface area contributed by atoms with Crippen molar-refractivity contribution in [3.05, 3.63) is 58.0 Å². The smallest absolute Gasteiger partial charge is 0.257 e. The molecule has 0 unspecified atom stereocenters. The first kappa shape index (κ1) is 22.7. The standard InChI is InChI=1S/C24H24ClF2N5O2/c1-13-9-14(2)32-20(29-13)16(12-28-32)21(33)31-24-6-3-23(4-7-24,5-8-24)22(34)30-19-17(25)10-15(26)11-18(19)27/h9-12H,3-8H2,1-2H3,(H,30,34)(H,31,33).